The molecule has 1 nitrogen and oxygen atoms in total. The van der Waals surface area contributed by atoms with Crippen LogP contribution >= 0.6 is 0 Å². The van der Waals surface area contributed by atoms with Crippen molar-refractivity contribution in [3.8, 4) is 0 Å². The third-order valence-electron chi connectivity index (χ3n) is 1.34. The lowest BCUT2D eigenvalue weighted by Gasteiger charge is -2.14. The Balaban J connectivity index is 3.51. The van der Waals surface area contributed by atoms with E-state index in [1.165, 1.54) is 5.57 Å². The fourth-order valence-corrected chi connectivity index (χ4v) is 0.589. The minimum Gasteiger partial charge on any atom is -0.305 e. The smallest absolute Gasteiger partial charge is 0.0186 e. The lowest BCUT2D eigenvalue weighted by Crippen LogP contribution is -2.16. The lowest BCUT2D eigenvalue weighted by molar-refractivity contribution is 0.429. The van der Waals surface area contributed by atoms with E-state index in [2.05, 4.69) is 39.4 Å². The number of hydrogen-bond donors (Lipinski definition) is 0. The Kier molecular flexibility index (Phi) is 3.55. The monoisotopic (exact) mass is 127 g/mol. The van der Waals surface area contributed by atoms with Crippen molar-refractivity contribution in [3.63, 3.8) is 0 Å². The van der Waals surface area contributed by atoms with Crippen LogP contribution in [0.5, 0.6) is 0 Å². The maximum atomic E-state index is 3.95. The molecule has 0 aliphatic rings. The second kappa shape index (κ2) is 3.67. The fourth-order valence-electron chi connectivity index (χ4n) is 0.589. The van der Waals surface area contributed by atoms with Gasteiger partial charge in [0.15, 0.2) is 0 Å². The Labute approximate surface area is 58.4 Å². The average molecular weight is 127 g/mol. The van der Waals surface area contributed by atoms with Gasteiger partial charge in [-0.2, -0.15) is 0 Å². The Morgan fingerprint density at radius 1 is 1.44 bits per heavy atom. The SMILES string of the molecule is C=C(CN(C)C)C(C)C. The summed E-state index contributed by atoms with van der Waals surface area (Å²) in [6.45, 7) is 9.31. The molecule has 0 aliphatic carbocycles. The maximum absolute atomic E-state index is 3.95. The molecule has 9 heavy (non-hydrogen) atoms. The minimum atomic E-state index is 0.618. The van der Waals surface area contributed by atoms with Gasteiger partial charge in [-0.1, -0.05) is 26.0 Å². The molecule has 0 aliphatic heterocycles. The van der Waals surface area contributed by atoms with Gasteiger partial charge in [0, 0.05) is 6.54 Å². The Morgan fingerprint density at radius 2 is 1.89 bits per heavy atom. The van der Waals surface area contributed by atoms with Gasteiger partial charge >= 0.3 is 0 Å². The van der Waals surface area contributed by atoms with Crippen LogP contribution in [0.25, 0.3) is 0 Å². The Hall–Kier alpha value is -0.300. The zero-order valence-electron chi connectivity index (χ0n) is 6.94. The van der Waals surface area contributed by atoms with Crippen molar-refractivity contribution < 1.29 is 0 Å². The van der Waals surface area contributed by atoms with E-state index in [1.807, 2.05) is 0 Å². The molecular formula is C8H17N. The highest BCUT2D eigenvalue weighted by molar-refractivity contribution is 4.99. The summed E-state index contributed by atoms with van der Waals surface area (Å²) in [7, 11) is 4.13. The normalized spacial score (nSPS) is 10.9. The van der Waals surface area contributed by atoms with Crippen molar-refractivity contribution >= 4 is 0 Å². The van der Waals surface area contributed by atoms with Gasteiger partial charge in [0.2, 0.25) is 0 Å². The van der Waals surface area contributed by atoms with E-state index in [0.717, 1.165) is 6.54 Å². The van der Waals surface area contributed by atoms with Crippen LogP contribution in [0.15, 0.2) is 12.2 Å². The lowest BCUT2D eigenvalue weighted by atomic mass is 10.1. The molecule has 0 N–H and O–H groups in total. The summed E-state index contributed by atoms with van der Waals surface area (Å²) in [5.41, 5.74) is 1.31. The molecule has 0 aromatic heterocycles. The van der Waals surface area contributed by atoms with E-state index in [0.29, 0.717) is 5.92 Å². The molecule has 0 radical (unpaired) electrons. The average Bonchev–Trinajstić information content (AvgIpc) is 1.63. The predicted molar refractivity (Wildman–Crippen MR) is 42.5 cm³/mol. The summed E-state index contributed by atoms with van der Waals surface area (Å²) in [5, 5.41) is 0. The van der Waals surface area contributed by atoms with Crippen molar-refractivity contribution in [2.45, 2.75) is 13.8 Å². The summed E-state index contributed by atoms with van der Waals surface area (Å²) < 4.78 is 0. The summed E-state index contributed by atoms with van der Waals surface area (Å²) in [6, 6.07) is 0. The van der Waals surface area contributed by atoms with Crippen LogP contribution in [0, 0.1) is 5.92 Å². The molecule has 0 unspecified atom stereocenters. The molecule has 0 fully saturated rings. The molecule has 54 valence electrons. The van der Waals surface area contributed by atoms with Gasteiger partial charge in [0.05, 0.1) is 0 Å². The topological polar surface area (TPSA) is 3.24 Å². The molecule has 0 rings (SSSR count). The summed E-state index contributed by atoms with van der Waals surface area (Å²) in [6.07, 6.45) is 0. The quantitative estimate of drug-likeness (QED) is 0.522. The van der Waals surface area contributed by atoms with E-state index >= 15 is 0 Å². The summed E-state index contributed by atoms with van der Waals surface area (Å²) >= 11 is 0. The highest BCUT2D eigenvalue weighted by atomic mass is 15.0. The van der Waals surface area contributed by atoms with Crippen LogP contribution in [0.3, 0.4) is 0 Å². The van der Waals surface area contributed by atoms with Crippen LogP contribution in [-0.4, -0.2) is 25.5 Å². The molecule has 0 bridgehead atoms. The third-order valence-corrected chi connectivity index (χ3v) is 1.34. The Bertz CT molecular complexity index is 92.7. The van der Waals surface area contributed by atoms with Gasteiger partial charge < -0.3 is 4.90 Å². The van der Waals surface area contributed by atoms with Crippen LogP contribution in [-0.2, 0) is 0 Å². The second-order valence-electron chi connectivity index (χ2n) is 3.05. The third kappa shape index (κ3) is 4.22. The molecule has 0 atom stereocenters. The van der Waals surface area contributed by atoms with E-state index in [4.69, 9.17) is 0 Å². The van der Waals surface area contributed by atoms with Gasteiger partial charge in [-0.05, 0) is 20.0 Å². The molecular weight excluding hydrogens is 110 g/mol. The van der Waals surface area contributed by atoms with E-state index in [-0.39, 0.29) is 0 Å². The van der Waals surface area contributed by atoms with Crippen molar-refractivity contribution in [1.29, 1.82) is 0 Å². The van der Waals surface area contributed by atoms with Crippen LogP contribution in [0.2, 0.25) is 0 Å². The van der Waals surface area contributed by atoms with Crippen LogP contribution < -0.4 is 0 Å². The Morgan fingerprint density at radius 3 is 2.00 bits per heavy atom. The second-order valence-corrected chi connectivity index (χ2v) is 3.05. The number of hydrogen-bond acceptors (Lipinski definition) is 1. The predicted octanol–water partition coefficient (Wildman–Crippen LogP) is 1.76. The van der Waals surface area contributed by atoms with Crippen molar-refractivity contribution in [2.75, 3.05) is 20.6 Å². The molecule has 0 heterocycles. The summed E-state index contributed by atoms with van der Waals surface area (Å²) in [4.78, 5) is 2.14. The van der Waals surface area contributed by atoms with Gasteiger partial charge in [0.25, 0.3) is 0 Å². The molecule has 0 saturated heterocycles. The number of rotatable bonds is 3. The summed E-state index contributed by atoms with van der Waals surface area (Å²) in [5.74, 6) is 0.618. The van der Waals surface area contributed by atoms with E-state index in [9.17, 15) is 0 Å². The van der Waals surface area contributed by atoms with E-state index in [1.54, 1.807) is 0 Å². The zero-order chi connectivity index (χ0) is 7.44. The molecule has 1 heteroatoms. The van der Waals surface area contributed by atoms with Gasteiger partial charge in [0.1, 0.15) is 0 Å². The van der Waals surface area contributed by atoms with E-state index < -0.39 is 0 Å². The van der Waals surface area contributed by atoms with Gasteiger partial charge in [-0.3, -0.25) is 0 Å². The first-order valence-corrected chi connectivity index (χ1v) is 3.36. The van der Waals surface area contributed by atoms with Gasteiger partial charge in [-0.25, -0.2) is 0 Å². The number of likely N-dealkylation sites (N-methyl/N-ethyl adjacent to an activating group) is 1. The maximum Gasteiger partial charge on any atom is 0.0186 e. The van der Waals surface area contributed by atoms with Crippen molar-refractivity contribution in [1.82, 2.24) is 4.90 Å². The van der Waals surface area contributed by atoms with Crippen molar-refractivity contribution in [2.24, 2.45) is 5.92 Å². The highest BCUT2D eigenvalue weighted by Crippen LogP contribution is 2.05. The first kappa shape index (κ1) is 8.70. The first-order valence-electron chi connectivity index (χ1n) is 3.36. The van der Waals surface area contributed by atoms with Crippen molar-refractivity contribution in [3.05, 3.63) is 12.2 Å². The molecule has 0 spiro atoms. The molecule has 0 saturated carbocycles. The highest BCUT2D eigenvalue weighted by Gasteiger charge is 1.99. The molecule has 0 aromatic rings. The van der Waals surface area contributed by atoms with Gasteiger partial charge in [-0.15, -0.1) is 0 Å². The van der Waals surface area contributed by atoms with Crippen LogP contribution in [0.1, 0.15) is 13.8 Å². The fraction of sp³-hybridized carbons (Fsp3) is 0.750. The first-order chi connectivity index (χ1) is 4.04. The minimum absolute atomic E-state index is 0.618. The largest absolute Gasteiger partial charge is 0.305 e. The van der Waals surface area contributed by atoms with Crippen LogP contribution in [0.4, 0.5) is 0 Å². The standard InChI is InChI=1S/C8H17N/c1-7(2)8(3)6-9(4)5/h7H,3,6H2,1-2,4-5H3. The zero-order valence-corrected chi connectivity index (χ0v) is 6.94. The molecule has 0 aromatic carbocycles. The molecule has 0 amide bonds. The number of nitrogens with zero attached hydrogens (tertiary/aromatic N) is 1.